The number of carboxylic acid groups (broad SMARTS) is 1. The Morgan fingerprint density at radius 3 is 3.16 bits per heavy atom. The second-order valence-electron chi connectivity index (χ2n) is 4.10. The molecule has 0 saturated carbocycles. The molecule has 1 unspecified atom stereocenters. The number of piperazine rings is 1. The van der Waals surface area contributed by atoms with Gasteiger partial charge >= 0.3 is 5.97 Å². The lowest BCUT2D eigenvalue weighted by Gasteiger charge is -2.36. The van der Waals surface area contributed by atoms with Crippen molar-refractivity contribution in [2.24, 2.45) is 0 Å². The third-order valence-corrected chi connectivity index (χ3v) is 2.93. The lowest BCUT2D eigenvalue weighted by Crippen LogP contribution is -2.56. The van der Waals surface area contributed by atoms with Crippen LogP contribution in [-0.2, 0) is 9.59 Å². The van der Waals surface area contributed by atoms with Gasteiger partial charge in [0.2, 0.25) is 5.91 Å². The Hall–Kier alpha value is -2.62. The fraction of sp³-hybridized carbons (Fsp3) is 0.333. The van der Waals surface area contributed by atoms with E-state index in [1.807, 2.05) is 6.07 Å². The van der Waals surface area contributed by atoms with Crippen molar-refractivity contribution in [2.75, 3.05) is 18.0 Å². The van der Waals surface area contributed by atoms with Gasteiger partial charge in [0.05, 0.1) is 23.9 Å². The molecule has 1 aliphatic rings. The molecular weight excluding hydrogens is 248 g/mol. The molecule has 0 aliphatic carbocycles. The standard InChI is InChI=1S/C12H12N4O3/c13-6-8-1-2-14-7-10(8)16-4-3-15-12(19)9(16)5-11(17)18/h1-2,7,9H,3-5H2,(H,15,19)(H,17,18). The molecule has 0 aromatic carbocycles. The molecule has 2 N–H and O–H groups in total. The van der Waals surface area contributed by atoms with Crippen LogP contribution in [0.25, 0.3) is 0 Å². The van der Waals surface area contributed by atoms with Gasteiger partial charge in [0.1, 0.15) is 12.1 Å². The maximum Gasteiger partial charge on any atom is 0.305 e. The highest BCUT2D eigenvalue weighted by atomic mass is 16.4. The Morgan fingerprint density at radius 1 is 1.68 bits per heavy atom. The molecule has 98 valence electrons. The van der Waals surface area contributed by atoms with E-state index >= 15 is 0 Å². The van der Waals surface area contributed by atoms with Gasteiger partial charge in [0.25, 0.3) is 0 Å². The molecule has 2 heterocycles. The highest BCUT2D eigenvalue weighted by Gasteiger charge is 2.32. The maximum absolute atomic E-state index is 11.8. The van der Waals surface area contributed by atoms with Crippen molar-refractivity contribution in [3.63, 3.8) is 0 Å². The SMILES string of the molecule is N#Cc1ccncc1N1CCNC(=O)C1CC(=O)O. The van der Waals surface area contributed by atoms with Crippen LogP contribution in [0.1, 0.15) is 12.0 Å². The molecule has 1 amide bonds. The Kier molecular flexibility index (Phi) is 3.61. The summed E-state index contributed by atoms with van der Waals surface area (Å²) in [5.74, 6) is -1.41. The third kappa shape index (κ3) is 2.63. The van der Waals surface area contributed by atoms with Crippen LogP contribution in [0.15, 0.2) is 18.5 Å². The van der Waals surface area contributed by atoms with Crippen molar-refractivity contribution >= 4 is 17.6 Å². The third-order valence-electron chi connectivity index (χ3n) is 2.93. The zero-order valence-corrected chi connectivity index (χ0v) is 10.0. The van der Waals surface area contributed by atoms with E-state index in [4.69, 9.17) is 10.4 Å². The molecule has 19 heavy (non-hydrogen) atoms. The number of carboxylic acids is 1. The van der Waals surface area contributed by atoms with E-state index in [1.165, 1.54) is 12.4 Å². The van der Waals surface area contributed by atoms with Crippen molar-refractivity contribution in [1.29, 1.82) is 5.26 Å². The van der Waals surface area contributed by atoms with Gasteiger partial charge in [-0.05, 0) is 6.07 Å². The molecule has 1 saturated heterocycles. The number of nitriles is 1. The summed E-state index contributed by atoms with van der Waals surface area (Å²) in [6, 6.07) is 2.75. The quantitative estimate of drug-likeness (QED) is 0.775. The minimum absolute atomic E-state index is 0.314. The fourth-order valence-electron chi connectivity index (χ4n) is 2.08. The second-order valence-corrected chi connectivity index (χ2v) is 4.10. The first-order valence-corrected chi connectivity index (χ1v) is 5.73. The van der Waals surface area contributed by atoms with Crippen molar-refractivity contribution in [2.45, 2.75) is 12.5 Å². The molecule has 7 heteroatoms. The molecule has 0 spiro atoms. The number of rotatable bonds is 3. The smallest absolute Gasteiger partial charge is 0.305 e. The van der Waals surface area contributed by atoms with Gasteiger partial charge in [-0.3, -0.25) is 14.6 Å². The number of hydrogen-bond acceptors (Lipinski definition) is 5. The van der Waals surface area contributed by atoms with E-state index in [1.54, 1.807) is 11.0 Å². The van der Waals surface area contributed by atoms with Crippen LogP contribution in [-0.4, -0.2) is 41.1 Å². The van der Waals surface area contributed by atoms with E-state index < -0.39 is 12.0 Å². The number of carbonyl (C=O) groups excluding carboxylic acids is 1. The first-order valence-electron chi connectivity index (χ1n) is 5.73. The van der Waals surface area contributed by atoms with Crippen molar-refractivity contribution in [1.82, 2.24) is 10.3 Å². The zero-order chi connectivity index (χ0) is 13.8. The van der Waals surface area contributed by atoms with Crippen molar-refractivity contribution in [3.8, 4) is 6.07 Å². The summed E-state index contributed by atoms with van der Waals surface area (Å²) in [5, 5.41) is 20.6. The summed E-state index contributed by atoms with van der Waals surface area (Å²) < 4.78 is 0. The van der Waals surface area contributed by atoms with Gasteiger partial charge in [-0.15, -0.1) is 0 Å². The van der Waals surface area contributed by atoms with E-state index in [-0.39, 0.29) is 12.3 Å². The van der Waals surface area contributed by atoms with Gasteiger partial charge < -0.3 is 15.3 Å². The normalized spacial score (nSPS) is 18.6. The minimum Gasteiger partial charge on any atom is -0.481 e. The van der Waals surface area contributed by atoms with Crippen LogP contribution in [0.5, 0.6) is 0 Å². The number of nitrogens with one attached hydrogen (secondary N) is 1. The second kappa shape index (κ2) is 5.35. The predicted octanol–water partition coefficient (Wildman–Crippen LogP) is -0.267. The summed E-state index contributed by atoms with van der Waals surface area (Å²) in [4.78, 5) is 28.2. The number of anilines is 1. The molecule has 1 aromatic heterocycles. The molecule has 0 bridgehead atoms. The Balaban J connectivity index is 2.37. The number of amides is 1. The monoisotopic (exact) mass is 260 g/mol. The summed E-state index contributed by atoms with van der Waals surface area (Å²) in [6.07, 6.45) is 2.65. The van der Waals surface area contributed by atoms with Crippen LogP contribution < -0.4 is 10.2 Å². The number of pyridine rings is 1. The van der Waals surface area contributed by atoms with Gasteiger partial charge in [-0.2, -0.15) is 5.26 Å². The zero-order valence-electron chi connectivity index (χ0n) is 10.0. The van der Waals surface area contributed by atoms with Gasteiger partial charge in [0, 0.05) is 19.3 Å². The van der Waals surface area contributed by atoms with E-state index in [2.05, 4.69) is 10.3 Å². The van der Waals surface area contributed by atoms with Crippen molar-refractivity contribution < 1.29 is 14.7 Å². The molecule has 1 aromatic rings. The van der Waals surface area contributed by atoms with E-state index in [9.17, 15) is 9.59 Å². The topological polar surface area (TPSA) is 106 Å². The first kappa shape index (κ1) is 12.8. The van der Waals surface area contributed by atoms with Gasteiger partial charge in [0.15, 0.2) is 0 Å². The molecular formula is C12H12N4O3. The van der Waals surface area contributed by atoms with Crippen LogP contribution in [0.2, 0.25) is 0 Å². The largest absolute Gasteiger partial charge is 0.481 e. The van der Waals surface area contributed by atoms with Crippen LogP contribution in [0.4, 0.5) is 5.69 Å². The van der Waals surface area contributed by atoms with Crippen LogP contribution in [0, 0.1) is 11.3 Å². The highest BCUT2D eigenvalue weighted by molar-refractivity contribution is 5.90. The maximum atomic E-state index is 11.8. The molecule has 1 aliphatic heterocycles. The molecule has 1 fully saturated rings. The van der Waals surface area contributed by atoms with E-state index in [0.29, 0.717) is 24.3 Å². The highest BCUT2D eigenvalue weighted by Crippen LogP contribution is 2.23. The van der Waals surface area contributed by atoms with Gasteiger partial charge in [-0.25, -0.2) is 0 Å². The number of carbonyl (C=O) groups is 2. The average molecular weight is 260 g/mol. The molecule has 7 nitrogen and oxygen atoms in total. The number of aliphatic carboxylic acids is 1. The Labute approximate surface area is 109 Å². The Bertz CT molecular complexity index is 552. The summed E-state index contributed by atoms with van der Waals surface area (Å²) >= 11 is 0. The van der Waals surface area contributed by atoms with Gasteiger partial charge in [-0.1, -0.05) is 0 Å². The van der Waals surface area contributed by atoms with Crippen LogP contribution in [0.3, 0.4) is 0 Å². The molecule has 1 atom stereocenters. The van der Waals surface area contributed by atoms with Crippen LogP contribution >= 0.6 is 0 Å². The summed E-state index contributed by atoms with van der Waals surface area (Å²) in [5.41, 5.74) is 0.867. The lowest BCUT2D eigenvalue weighted by atomic mass is 10.1. The first-order chi connectivity index (χ1) is 9.13. The number of nitrogens with zero attached hydrogens (tertiary/aromatic N) is 3. The van der Waals surface area contributed by atoms with E-state index in [0.717, 1.165) is 0 Å². The van der Waals surface area contributed by atoms with Crippen molar-refractivity contribution in [3.05, 3.63) is 24.0 Å². The fourth-order valence-corrected chi connectivity index (χ4v) is 2.08. The summed E-state index contributed by atoms with van der Waals surface area (Å²) in [6.45, 7) is 0.860. The lowest BCUT2D eigenvalue weighted by molar-refractivity contribution is -0.139. The number of hydrogen-bond donors (Lipinski definition) is 2. The minimum atomic E-state index is -1.06. The number of aromatic nitrogens is 1. The molecule has 0 radical (unpaired) electrons. The average Bonchev–Trinajstić information content (AvgIpc) is 2.40. The summed E-state index contributed by atoms with van der Waals surface area (Å²) in [7, 11) is 0. The molecule has 2 rings (SSSR count). The predicted molar refractivity (Wildman–Crippen MR) is 65.3 cm³/mol. The Morgan fingerprint density at radius 2 is 2.47 bits per heavy atom.